The monoisotopic (exact) mass is 762 g/mol. The SMILES string of the molecule is CCC(C)C(=O)O[C@H]1[C@H](OC(C)=O)[C@H](OC(C)=O)[C@@]2(COC(C)=O)[C@H](OC(C)=O)C(=O)[C@@H]3[C@@H](OC(C)=O)[C@]2(O[C@@]3(C)COC(=O)c2ccccc2)[C@@]1(C)O. The van der Waals surface area contributed by atoms with Crippen LogP contribution in [0.5, 0.6) is 0 Å². The van der Waals surface area contributed by atoms with Crippen LogP contribution < -0.4 is 0 Å². The Hall–Kier alpha value is -4.90. The third kappa shape index (κ3) is 7.06. The lowest BCUT2D eigenvalue weighted by atomic mass is 9.45. The fourth-order valence-electron chi connectivity index (χ4n) is 8.06. The van der Waals surface area contributed by atoms with E-state index >= 15 is 4.79 Å². The molecule has 1 unspecified atom stereocenters. The van der Waals surface area contributed by atoms with E-state index in [9.17, 15) is 38.7 Å². The number of fused-ring (bicyclic) bond motifs is 1. The molecular weight excluding hydrogens is 716 g/mol. The Bertz CT molecular complexity index is 1690. The molecule has 1 aromatic carbocycles. The summed E-state index contributed by atoms with van der Waals surface area (Å²) in [7, 11) is 0. The van der Waals surface area contributed by atoms with Gasteiger partial charge in [0.25, 0.3) is 0 Å². The predicted octanol–water partition coefficient (Wildman–Crippen LogP) is 1.57. The summed E-state index contributed by atoms with van der Waals surface area (Å²) in [4.78, 5) is 106. The van der Waals surface area contributed by atoms with Crippen LogP contribution in [0.1, 0.15) is 79.1 Å². The zero-order chi connectivity index (χ0) is 40.6. The maximum Gasteiger partial charge on any atom is 0.338 e. The number of carbonyl (C=O) groups is 8. The number of benzene rings is 1. The van der Waals surface area contributed by atoms with E-state index in [-0.39, 0.29) is 12.0 Å². The minimum Gasteiger partial charge on any atom is -0.465 e. The van der Waals surface area contributed by atoms with Crippen LogP contribution in [0.25, 0.3) is 0 Å². The number of esters is 7. The van der Waals surface area contributed by atoms with Gasteiger partial charge in [-0.05, 0) is 32.4 Å². The molecule has 2 aliphatic carbocycles. The molecule has 17 heteroatoms. The fourth-order valence-corrected chi connectivity index (χ4v) is 8.06. The predicted molar refractivity (Wildman–Crippen MR) is 179 cm³/mol. The molecule has 1 heterocycles. The third-order valence-corrected chi connectivity index (χ3v) is 10.3. The van der Waals surface area contributed by atoms with Crippen molar-refractivity contribution in [1.82, 2.24) is 0 Å². The van der Waals surface area contributed by atoms with E-state index in [0.29, 0.717) is 0 Å². The van der Waals surface area contributed by atoms with Crippen molar-refractivity contribution >= 4 is 47.6 Å². The summed E-state index contributed by atoms with van der Waals surface area (Å²) in [6.45, 7) is 8.59. The molecule has 2 saturated carbocycles. The summed E-state index contributed by atoms with van der Waals surface area (Å²) in [5.41, 5.74) is -10.2. The largest absolute Gasteiger partial charge is 0.465 e. The van der Waals surface area contributed by atoms with E-state index in [2.05, 4.69) is 0 Å². The highest BCUT2D eigenvalue weighted by Gasteiger charge is 2.91. The van der Waals surface area contributed by atoms with E-state index in [1.54, 1.807) is 25.1 Å². The highest BCUT2D eigenvalue weighted by atomic mass is 16.7. The van der Waals surface area contributed by atoms with Crippen LogP contribution in [0.15, 0.2) is 30.3 Å². The molecule has 0 radical (unpaired) electrons. The minimum atomic E-state index is -2.80. The van der Waals surface area contributed by atoms with Crippen molar-refractivity contribution in [2.24, 2.45) is 17.3 Å². The molecule has 1 aliphatic heterocycles. The Morgan fingerprint density at radius 1 is 0.741 bits per heavy atom. The molecular formula is C37H46O17. The van der Waals surface area contributed by atoms with Crippen LogP contribution in [0.4, 0.5) is 0 Å². The molecule has 1 spiro atoms. The second-order valence-corrected chi connectivity index (χ2v) is 14.2. The summed E-state index contributed by atoms with van der Waals surface area (Å²) in [6.07, 6.45) is -10.1. The van der Waals surface area contributed by atoms with E-state index in [1.165, 1.54) is 26.0 Å². The van der Waals surface area contributed by atoms with Gasteiger partial charge < -0.3 is 43.0 Å². The number of hydrogen-bond donors (Lipinski definition) is 1. The third-order valence-electron chi connectivity index (χ3n) is 10.3. The molecule has 2 bridgehead atoms. The van der Waals surface area contributed by atoms with Gasteiger partial charge in [0.1, 0.15) is 35.9 Å². The van der Waals surface area contributed by atoms with Crippen molar-refractivity contribution in [2.45, 2.75) is 116 Å². The molecule has 0 aromatic heterocycles. The zero-order valence-corrected chi connectivity index (χ0v) is 31.5. The number of hydrogen-bond acceptors (Lipinski definition) is 17. The molecule has 1 saturated heterocycles. The van der Waals surface area contributed by atoms with Crippen molar-refractivity contribution in [3.8, 4) is 0 Å². The Morgan fingerprint density at radius 2 is 1.30 bits per heavy atom. The van der Waals surface area contributed by atoms with Gasteiger partial charge in [0.15, 0.2) is 35.8 Å². The minimum absolute atomic E-state index is 0.117. The lowest BCUT2D eigenvalue weighted by Gasteiger charge is -2.66. The van der Waals surface area contributed by atoms with Crippen LogP contribution in [-0.2, 0) is 71.5 Å². The maximum atomic E-state index is 15.1. The van der Waals surface area contributed by atoms with Gasteiger partial charge in [-0.1, -0.05) is 32.0 Å². The highest BCUT2D eigenvalue weighted by molar-refractivity contribution is 5.94. The first-order valence-electron chi connectivity index (χ1n) is 17.3. The standard InChI is InChI=1S/C37H46O17/c1-10-18(2)32(44)53-30-27(49-20(4)39)31(52-23(7)42)36(17-47-19(3)38)29(51-22(6)41)26(43)25-28(50-21(5)40)37(36,35(30,9)46)54-34(25,8)16-48-33(45)24-14-12-11-13-15-24/h11-15,18,25,27-31,46H,10,16-17H2,1-9H3/t18?,25-,27+,28-,29-,30+,31+,34+,35+,36-,37+/m1/s1. The van der Waals surface area contributed by atoms with Crippen LogP contribution in [0, 0.1) is 17.3 Å². The van der Waals surface area contributed by atoms with Gasteiger partial charge in [0.2, 0.25) is 0 Å². The molecule has 1 N–H and O–H groups in total. The lowest BCUT2D eigenvalue weighted by Crippen LogP contribution is -2.88. The van der Waals surface area contributed by atoms with Crippen molar-refractivity contribution in [2.75, 3.05) is 13.2 Å². The molecule has 11 atom stereocenters. The summed E-state index contributed by atoms with van der Waals surface area (Å²) in [5, 5.41) is 13.2. The Kier molecular flexibility index (Phi) is 12.0. The first-order chi connectivity index (χ1) is 25.1. The number of ether oxygens (including phenoxy) is 8. The average molecular weight is 763 g/mol. The van der Waals surface area contributed by atoms with E-state index in [0.717, 1.165) is 41.5 Å². The van der Waals surface area contributed by atoms with Gasteiger partial charge in [-0.2, -0.15) is 0 Å². The summed E-state index contributed by atoms with van der Waals surface area (Å²) in [5.74, 6) is -10.6. The number of Topliss-reactive ketones (excluding diaryl/α,β-unsaturated/α-hetero) is 1. The van der Waals surface area contributed by atoms with Gasteiger partial charge in [-0.15, -0.1) is 0 Å². The maximum absolute atomic E-state index is 15.1. The molecule has 0 amide bonds. The summed E-state index contributed by atoms with van der Waals surface area (Å²) < 4.78 is 46.9. The van der Waals surface area contributed by atoms with Gasteiger partial charge >= 0.3 is 41.8 Å². The Labute approximate surface area is 311 Å². The first-order valence-corrected chi connectivity index (χ1v) is 17.3. The highest BCUT2D eigenvalue weighted by Crippen LogP contribution is 2.68. The van der Waals surface area contributed by atoms with E-state index in [4.69, 9.17) is 37.9 Å². The van der Waals surface area contributed by atoms with Gasteiger partial charge in [-0.25, -0.2) is 4.79 Å². The Balaban J connectivity index is 2.16. The second kappa shape index (κ2) is 15.5. The smallest absolute Gasteiger partial charge is 0.338 e. The van der Waals surface area contributed by atoms with Gasteiger partial charge in [0.05, 0.1) is 17.4 Å². The number of ketones is 1. The summed E-state index contributed by atoms with van der Waals surface area (Å²) >= 11 is 0. The molecule has 1 aromatic rings. The quantitative estimate of drug-likeness (QED) is 0.235. The fraction of sp³-hybridized carbons (Fsp3) is 0.622. The molecule has 54 heavy (non-hydrogen) atoms. The van der Waals surface area contributed by atoms with Crippen LogP contribution in [0.2, 0.25) is 0 Å². The topological polar surface area (TPSA) is 231 Å². The molecule has 3 aliphatic rings. The number of aliphatic hydroxyl groups is 1. The zero-order valence-electron chi connectivity index (χ0n) is 31.5. The van der Waals surface area contributed by atoms with Crippen LogP contribution in [-0.4, -0.2) is 113 Å². The van der Waals surface area contributed by atoms with Crippen molar-refractivity contribution in [1.29, 1.82) is 0 Å². The number of carbonyl (C=O) groups excluding carboxylic acids is 8. The van der Waals surface area contributed by atoms with Gasteiger partial charge in [-0.3, -0.25) is 33.6 Å². The number of rotatable bonds is 12. The van der Waals surface area contributed by atoms with E-state index in [1.807, 2.05) is 0 Å². The van der Waals surface area contributed by atoms with Crippen LogP contribution in [0.3, 0.4) is 0 Å². The Morgan fingerprint density at radius 3 is 1.81 bits per heavy atom. The van der Waals surface area contributed by atoms with Crippen LogP contribution >= 0.6 is 0 Å². The van der Waals surface area contributed by atoms with E-state index < -0.39 is 125 Å². The average Bonchev–Trinajstić information content (AvgIpc) is 3.31. The molecule has 296 valence electrons. The second-order valence-electron chi connectivity index (χ2n) is 14.2. The molecule has 17 nitrogen and oxygen atoms in total. The molecule has 4 rings (SSSR count). The van der Waals surface area contributed by atoms with Gasteiger partial charge in [0, 0.05) is 34.6 Å². The molecule has 3 fully saturated rings. The normalized spacial score (nSPS) is 34.3. The summed E-state index contributed by atoms with van der Waals surface area (Å²) in [6, 6.07) is 7.76. The first kappa shape index (κ1) is 41.9. The van der Waals surface area contributed by atoms with Crippen molar-refractivity contribution < 1.29 is 81.4 Å². The van der Waals surface area contributed by atoms with Crippen molar-refractivity contribution in [3.63, 3.8) is 0 Å². The lowest BCUT2D eigenvalue weighted by molar-refractivity contribution is -0.376. The van der Waals surface area contributed by atoms with Crippen molar-refractivity contribution in [3.05, 3.63) is 35.9 Å².